The first kappa shape index (κ1) is 5.94. The van der Waals surface area contributed by atoms with Gasteiger partial charge in [0.25, 0.3) is 0 Å². The van der Waals surface area contributed by atoms with Gasteiger partial charge in [0.15, 0.2) is 6.29 Å². The van der Waals surface area contributed by atoms with Gasteiger partial charge in [-0.25, -0.2) is 9.98 Å². The van der Waals surface area contributed by atoms with Crippen molar-refractivity contribution < 1.29 is 9.53 Å². The van der Waals surface area contributed by atoms with Crippen molar-refractivity contribution in [3.05, 3.63) is 0 Å². The lowest BCUT2D eigenvalue weighted by Gasteiger charge is -1.88. The van der Waals surface area contributed by atoms with E-state index < -0.39 is 0 Å². The Kier molecular flexibility index (Phi) is 1.95. The molecule has 0 bridgehead atoms. The summed E-state index contributed by atoms with van der Waals surface area (Å²) in [5.74, 6) is 0. The van der Waals surface area contributed by atoms with Gasteiger partial charge in [-0.1, -0.05) is 0 Å². The molecule has 1 aliphatic heterocycles. The summed E-state index contributed by atoms with van der Waals surface area (Å²) in [4.78, 5) is 17.1. The molecule has 1 rings (SSSR count). The van der Waals surface area contributed by atoms with Gasteiger partial charge in [-0.05, 0) is 0 Å². The van der Waals surface area contributed by atoms with Gasteiger partial charge < -0.3 is 4.74 Å². The third kappa shape index (κ3) is 1.64. The maximum atomic E-state index is 9.70. The molecule has 0 N–H and O–H groups in total. The molecule has 0 unspecified atom stereocenters. The number of rotatable bonds is 1. The Bertz CT molecular complexity index is 162. The Labute approximate surface area is 52.3 Å². The van der Waals surface area contributed by atoms with E-state index in [0.29, 0.717) is 25.5 Å². The quantitative estimate of drug-likeness (QED) is 0.356. The molecule has 48 valence electrons. The molecule has 0 aromatic rings. The SMILES string of the molecule is O=CC=NC1=NCCO1. The molecule has 1 aliphatic rings. The monoisotopic (exact) mass is 126 g/mol. The Morgan fingerprint density at radius 2 is 2.67 bits per heavy atom. The minimum absolute atomic E-state index is 0.308. The number of carbonyl (C=O) groups is 1. The van der Waals surface area contributed by atoms with Crippen molar-refractivity contribution >= 4 is 18.5 Å². The summed E-state index contributed by atoms with van der Waals surface area (Å²) >= 11 is 0. The smallest absolute Gasteiger partial charge is 0.311 e. The van der Waals surface area contributed by atoms with Crippen LogP contribution in [0, 0.1) is 0 Å². The van der Waals surface area contributed by atoms with Gasteiger partial charge in [-0.15, -0.1) is 0 Å². The highest BCUT2D eigenvalue weighted by atomic mass is 16.5. The highest BCUT2D eigenvalue weighted by Crippen LogP contribution is 1.92. The van der Waals surface area contributed by atoms with E-state index in [-0.39, 0.29) is 0 Å². The first-order valence-electron chi connectivity index (χ1n) is 2.58. The van der Waals surface area contributed by atoms with Gasteiger partial charge in [0, 0.05) is 0 Å². The number of carbonyl (C=O) groups excluding carboxylic acids is 1. The summed E-state index contributed by atoms with van der Waals surface area (Å²) in [6.07, 6.45) is 1.70. The Hall–Kier alpha value is -1.19. The molecule has 0 amide bonds. The van der Waals surface area contributed by atoms with Gasteiger partial charge in [0.2, 0.25) is 0 Å². The lowest BCUT2D eigenvalue weighted by molar-refractivity contribution is -0.102. The van der Waals surface area contributed by atoms with E-state index in [2.05, 4.69) is 9.98 Å². The standard InChI is InChI=1S/C5H6N2O2/c8-3-1-6-5-7-2-4-9-5/h1,3H,2,4H2. The van der Waals surface area contributed by atoms with Gasteiger partial charge in [0.1, 0.15) is 6.61 Å². The fourth-order valence-electron chi connectivity index (χ4n) is 0.496. The van der Waals surface area contributed by atoms with Crippen molar-refractivity contribution in [3.63, 3.8) is 0 Å². The van der Waals surface area contributed by atoms with Gasteiger partial charge >= 0.3 is 6.02 Å². The summed E-state index contributed by atoms with van der Waals surface area (Å²) in [7, 11) is 0. The van der Waals surface area contributed by atoms with Crippen LogP contribution in [0.3, 0.4) is 0 Å². The maximum Gasteiger partial charge on any atom is 0.311 e. The third-order valence-electron chi connectivity index (χ3n) is 0.815. The Morgan fingerprint density at radius 1 is 1.78 bits per heavy atom. The molecule has 9 heavy (non-hydrogen) atoms. The zero-order chi connectivity index (χ0) is 6.53. The molecular weight excluding hydrogens is 120 g/mol. The largest absolute Gasteiger partial charge is 0.462 e. The third-order valence-corrected chi connectivity index (χ3v) is 0.815. The second kappa shape index (κ2) is 2.96. The van der Waals surface area contributed by atoms with E-state index in [9.17, 15) is 4.79 Å². The fourth-order valence-corrected chi connectivity index (χ4v) is 0.496. The molecule has 0 radical (unpaired) electrons. The second-order valence-electron chi connectivity index (χ2n) is 1.43. The molecule has 0 saturated heterocycles. The molecule has 0 aromatic carbocycles. The average Bonchev–Trinajstić information content (AvgIpc) is 2.34. The Balaban J connectivity index is 2.42. The van der Waals surface area contributed by atoms with E-state index in [4.69, 9.17) is 4.74 Å². The summed E-state index contributed by atoms with van der Waals surface area (Å²) in [6, 6.07) is 0.308. The summed E-state index contributed by atoms with van der Waals surface area (Å²) in [5, 5.41) is 0. The fraction of sp³-hybridized carbons (Fsp3) is 0.400. The van der Waals surface area contributed by atoms with E-state index in [1.54, 1.807) is 0 Å². The highest BCUT2D eigenvalue weighted by molar-refractivity contribution is 6.15. The molecule has 0 spiro atoms. The van der Waals surface area contributed by atoms with E-state index >= 15 is 0 Å². The van der Waals surface area contributed by atoms with Crippen LogP contribution in [0.15, 0.2) is 9.98 Å². The lowest BCUT2D eigenvalue weighted by atomic mass is 10.8. The molecular formula is C5H6N2O2. The first-order valence-corrected chi connectivity index (χ1v) is 2.58. The number of hydrogen-bond acceptors (Lipinski definition) is 4. The molecule has 1 heterocycles. The van der Waals surface area contributed by atoms with E-state index in [1.165, 1.54) is 0 Å². The predicted molar refractivity (Wildman–Crippen MR) is 32.8 cm³/mol. The molecule has 0 saturated carbocycles. The molecule has 0 aliphatic carbocycles. The van der Waals surface area contributed by atoms with Crippen LogP contribution in [0.5, 0.6) is 0 Å². The topological polar surface area (TPSA) is 51.0 Å². The van der Waals surface area contributed by atoms with Crippen LogP contribution in [0.2, 0.25) is 0 Å². The van der Waals surface area contributed by atoms with Crippen molar-refractivity contribution in [2.24, 2.45) is 9.98 Å². The zero-order valence-electron chi connectivity index (χ0n) is 4.78. The van der Waals surface area contributed by atoms with Crippen molar-refractivity contribution in [3.8, 4) is 0 Å². The summed E-state index contributed by atoms with van der Waals surface area (Å²) in [6.45, 7) is 1.22. The van der Waals surface area contributed by atoms with Crippen molar-refractivity contribution in [2.45, 2.75) is 0 Å². The van der Waals surface area contributed by atoms with Crippen LogP contribution in [-0.2, 0) is 9.53 Å². The van der Waals surface area contributed by atoms with Crippen LogP contribution >= 0.6 is 0 Å². The first-order chi connectivity index (χ1) is 4.43. The van der Waals surface area contributed by atoms with Crippen LogP contribution in [0.25, 0.3) is 0 Å². The van der Waals surface area contributed by atoms with Crippen molar-refractivity contribution in [1.82, 2.24) is 0 Å². The van der Waals surface area contributed by atoms with E-state index in [1.807, 2.05) is 0 Å². The Morgan fingerprint density at radius 3 is 3.22 bits per heavy atom. The highest BCUT2D eigenvalue weighted by Gasteiger charge is 2.02. The zero-order valence-corrected chi connectivity index (χ0v) is 4.78. The van der Waals surface area contributed by atoms with Gasteiger partial charge in [0.05, 0.1) is 12.8 Å². The average molecular weight is 126 g/mol. The van der Waals surface area contributed by atoms with E-state index in [0.717, 1.165) is 6.21 Å². The molecule has 4 heteroatoms. The molecule has 0 aromatic heterocycles. The molecule has 0 atom stereocenters. The number of aldehydes is 1. The van der Waals surface area contributed by atoms with Crippen LogP contribution in [-0.4, -0.2) is 31.7 Å². The van der Waals surface area contributed by atoms with Gasteiger partial charge in [-0.2, -0.15) is 0 Å². The molecule has 0 fully saturated rings. The minimum atomic E-state index is 0.308. The van der Waals surface area contributed by atoms with Gasteiger partial charge in [-0.3, -0.25) is 4.79 Å². The molecule has 4 nitrogen and oxygen atoms in total. The lowest BCUT2D eigenvalue weighted by Crippen LogP contribution is -1.94. The van der Waals surface area contributed by atoms with Crippen LogP contribution < -0.4 is 0 Å². The van der Waals surface area contributed by atoms with Crippen LogP contribution in [0.4, 0.5) is 0 Å². The predicted octanol–water partition coefficient (Wildman–Crippen LogP) is -0.358. The van der Waals surface area contributed by atoms with Crippen LogP contribution in [0.1, 0.15) is 0 Å². The number of aliphatic imine (C=N–C) groups is 2. The number of amidine groups is 1. The normalized spacial score (nSPS) is 17.6. The van der Waals surface area contributed by atoms with Crippen molar-refractivity contribution in [2.75, 3.05) is 13.2 Å². The van der Waals surface area contributed by atoms with Crippen molar-refractivity contribution in [1.29, 1.82) is 0 Å². The minimum Gasteiger partial charge on any atom is -0.462 e. The summed E-state index contributed by atoms with van der Waals surface area (Å²) in [5.41, 5.74) is 0. The second-order valence-corrected chi connectivity index (χ2v) is 1.43. The number of ether oxygens (including phenoxy) is 1. The summed E-state index contributed by atoms with van der Waals surface area (Å²) < 4.78 is 4.85. The maximum absolute atomic E-state index is 9.70. The number of hydrogen-bond donors (Lipinski definition) is 0. The number of nitrogens with zero attached hydrogens (tertiary/aromatic N) is 2.